The van der Waals surface area contributed by atoms with Gasteiger partial charge in [0.05, 0.1) is 0 Å². The van der Waals surface area contributed by atoms with E-state index in [0.29, 0.717) is 19.0 Å². The number of carbonyl (C=O) groups excluding carboxylic acids is 1. The molecule has 1 heterocycles. The topological polar surface area (TPSA) is 54.3 Å². The van der Waals surface area contributed by atoms with Crippen LogP contribution in [0.15, 0.2) is 58.2 Å². The number of likely N-dealkylation sites (tertiary alicyclic amines) is 1. The molecule has 1 saturated heterocycles. The number of aryl methyl sites for hydroxylation is 1. The number of allylic oxidation sites excluding steroid dienone is 3. The van der Waals surface area contributed by atoms with Crippen molar-refractivity contribution in [3.63, 3.8) is 0 Å². The Hall–Kier alpha value is -2.95. The number of carbonyl (C=O) groups is 1. The first kappa shape index (κ1) is 29.6. The molecule has 38 heavy (non-hydrogen) atoms. The molecule has 5 heteroatoms. The lowest BCUT2D eigenvalue weighted by Gasteiger charge is -2.38. The number of ether oxygens (including phenoxy) is 1. The zero-order valence-corrected chi connectivity index (χ0v) is 24.6. The zero-order valence-electron chi connectivity index (χ0n) is 24.6. The maximum absolute atomic E-state index is 12.7. The number of nitrogens with zero attached hydrogens (tertiary/aromatic N) is 3. The summed E-state index contributed by atoms with van der Waals surface area (Å²) in [6.45, 7) is 17.9. The number of hydrogen-bond acceptors (Lipinski definition) is 4. The van der Waals surface area contributed by atoms with E-state index in [4.69, 9.17) is 9.73 Å². The summed E-state index contributed by atoms with van der Waals surface area (Å²) in [4.78, 5) is 23.9. The number of piperidine rings is 1. The van der Waals surface area contributed by atoms with Crippen LogP contribution in [0.5, 0.6) is 0 Å². The monoisotopic (exact) mass is 517 g/mol. The quantitative estimate of drug-likeness (QED) is 0.356. The Kier molecular flexibility index (Phi) is 10.3. The standard InChI is InChI=1S/C33H47N3O2/c1-9-17-35-25(4)11-10-12-26-21-24(3)31(34-8)30(29-14-13-23(2)20-28(29)22-26)27-15-18-36(19-16-27)32(37)38-33(5,6)7/h9,13-14,17,20,22,27,30H,3,10-12,15-16,18-19,21H2,1-2,4-8H3/b17-9-,26-22-,34-31?,35-25?. The summed E-state index contributed by atoms with van der Waals surface area (Å²) in [7, 11) is 1.91. The maximum atomic E-state index is 12.7. The van der Waals surface area contributed by atoms with E-state index in [1.807, 2.05) is 51.9 Å². The van der Waals surface area contributed by atoms with E-state index < -0.39 is 5.60 Å². The van der Waals surface area contributed by atoms with E-state index in [1.165, 1.54) is 28.0 Å². The van der Waals surface area contributed by atoms with Gasteiger partial charge in [0.1, 0.15) is 5.60 Å². The van der Waals surface area contributed by atoms with Crippen molar-refractivity contribution < 1.29 is 9.53 Å². The number of amides is 1. The van der Waals surface area contributed by atoms with E-state index in [1.54, 1.807) is 0 Å². The Bertz CT molecular complexity index is 1130. The number of fused-ring (bicyclic) bond motifs is 1. The van der Waals surface area contributed by atoms with Crippen LogP contribution in [0.4, 0.5) is 4.79 Å². The van der Waals surface area contributed by atoms with E-state index >= 15 is 0 Å². The highest BCUT2D eigenvalue weighted by Crippen LogP contribution is 2.41. The lowest BCUT2D eigenvalue weighted by Crippen LogP contribution is -2.43. The molecule has 3 rings (SSSR count). The fraction of sp³-hybridized carbons (Fsp3) is 0.545. The van der Waals surface area contributed by atoms with Crippen molar-refractivity contribution >= 4 is 23.6 Å². The number of rotatable bonds is 6. The molecule has 1 amide bonds. The third-order valence-electron chi connectivity index (χ3n) is 7.42. The second kappa shape index (κ2) is 13.2. The first-order chi connectivity index (χ1) is 18.0. The number of benzene rings is 1. The summed E-state index contributed by atoms with van der Waals surface area (Å²) >= 11 is 0. The molecule has 0 saturated carbocycles. The third-order valence-corrected chi connectivity index (χ3v) is 7.42. The summed E-state index contributed by atoms with van der Waals surface area (Å²) in [5.41, 5.74) is 8.21. The van der Waals surface area contributed by atoms with Gasteiger partial charge in [-0.15, -0.1) is 0 Å². The van der Waals surface area contributed by atoms with Gasteiger partial charge in [0.2, 0.25) is 0 Å². The molecule has 2 aliphatic rings. The first-order valence-corrected chi connectivity index (χ1v) is 14.1. The highest BCUT2D eigenvalue weighted by molar-refractivity contribution is 6.06. The van der Waals surface area contributed by atoms with E-state index in [2.05, 4.69) is 49.7 Å². The van der Waals surface area contributed by atoms with Gasteiger partial charge in [-0.25, -0.2) is 4.79 Å². The van der Waals surface area contributed by atoms with Crippen LogP contribution in [0.2, 0.25) is 0 Å². The molecule has 0 N–H and O–H groups in total. The maximum Gasteiger partial charge on any atom is 0.410 e. The highest BCUT2D eigenvalue weighted by Gasteiger charge is 2.36. The molecule has 1 aromatic rings. The minimum absolute atomic E-state index is 0.178. The third kappa shape index (κ3) is 8.02. The molecule has 0 bridgehead atoms. The van der Waals surface area contributed by atoms with Gasteiger partial charge >= 0.3 is 6.09 Å². The van der Waals surface area contributed by atoms with Crippen molar-refractivity contribution in [1.29, 1.82) is 0 Å². The van der Waals surface area contributed by atoms with Gasteiger partial charge in [-0.05, 0) is 103 Å². The molecule has 0 radical (unpaired) electrons. The van der Waals surface area contributed by atoms with Crippen LogP contribution >= 0.6 is 0 Å². The summed E-state index contributed by atoms with van der Waals surface area (Å²) in [6.07, 6.45) is 11.8. The molecule has 1 aliphatic carbocycles. The van der Waals surface area contributed by atoms with Crippen LogP contribution < -0.4 is 0 Å². The fourth-order valence-electron chi connectivity index (χ4n) is 5.62. The van der Waals surface area contributed by atoms with Crippen molar-refractivity contribution in [2.75, 3.05) is 20.1 Å². The number of hydrogen-bond donors (Lipinski definition) is 0. The van der Waals surface area contributed by atoms with Gasteiger partial charge in [-0.1, -0.05) is 48.1 Å². The van der Waals surface area contributed by atoms with Crippen molar-refractivity contribution in [3.8, 4) is 0 Å². The van der Waals surface area contributed by atoms with Crippen molar-refractivity contribution in [2.24, 2.45) is 15.9 Å². The minimum atomic E-state index is -0.480. The minimum Gasteiger partial charge on any atom is -0.444 e. The van der Waals surface area contributed by atoms with Crippen molar-refractivity contribution in [1.82, 2.24) is 4.90 Å². The van der Waals surface area contributed by atoms with Crippen LogP contribution in [0.3, 0.4) is 0 Å². The van der Waals surface area contributed by atoms with Crippen molar-refractivity contribution in [2.45, 2.75) is 91.6 Å². The van der Waals surface area contributed by atoms with Crippen LogP contribution in [0.25, 0.3) is 6.08 Å². The lowest BCUT2D eigenvalue weighted by molar-refractivity contribution is 0.0181. The Labute approximate surface area is 230 Å². The molecule has 206 valence electrons. The summed E-state index contributed by atoms with van der Waals surface area (Å²) < 4.78 is 5.63. The van der Waals surface area contributed by atoms with Gasteiger partial charge in [-0.3, -0.25) is 9.98 Å². The average Bonchev–Trinajstić information content (AvgIpc) is 2.84. The van der Waals surface area contributed by atoms with E-state index in [9.17, 15) is 4.79 Å². The summed E-state index contributed by atoms with van der Waals surface area (Å²) in [5.74, 6) is 0.572. The van der Waals surface area contributed by atoms with Crippen LogP contribution in [-0.2, 0) is 4.74 Å². The predicted octanol–water partition coefficient (Wildman–Crippen LogP) is 8.30. The molecule has 1 aliphatic heterocycles. The number of aliphatic imine (C=N–C) groups is 2. The Morgan fingerprint density at radius 1 is 1.24 bits per heavy atom. The lowest BCUT2D eigenvalue weighted by atomic mass is 9.72. The smallest absolute Gasteiger partial charge is 0.410 e. The molecular formula is C33H47N3O2. The first-order valence-electron chi connectivity index (χ1n) is 14.1. The van der Waals surface area contributed by atoms with Crippen LogP contribution in [0.1, 0.15) is 95.8 Å². The SMILES string of the molecule is C=C1C/C(CCCC(C)=N/C=C\C)=C\c2cc(C)ccc2C(C2CCN(C(=O)OC(C)(C)C)CC2)C1=NC. The molecule has 1 atom stereocenters. The fourth-order valence-corrected chi connectivity index (χ4v) is 5.62. The second-order valence-electron chi connectivity index (χ2n) is 11.8. The van der Waals surface area contributed by atoms with E-state index in [-0.39, 0.29) is 12.0 Å². The average molecular weight is 518 g/mol. The van der Waals surface area contributed by atoms with E-state index in [0.717, 1.165) is 49.8 Å². The van der Waals surface area contributed by atoms with Crippen LogP contribution in [0, 0.1) is 12.8 Å². The molecule has 0 aromatic heterocycles. The summed E-state index contributed by atoms with van der Waals surface area (Å²) in [6, 6.07) is 6.83. The Morgan fingerprint density at radius 2 is 1.95 bits per heavy atom. The largest absolute Gasteiger partial charge is 0.444 e. The van der Waals surface area contributed by atoms with Gasteiger partial charge in [-0.2, -0.15) is 0 Å². The molecule has 0 spiro atoms. The van der Waals surface area contributed by atoms with Gasteiger partial charge in [0.25, 0.3) is 0 Å². The predicted molar refractivity (Wildman–Crippen MR) is 161 cm³/mol. The zero-order chi connectivity index (χ0) is 27.9. The van der Waals surface area contributed by atoms with Crippen LogP contribution in [-0.4, -0.2) is 48.2 Å². The second-order valence-corrected chi connectivity index (χ2v) is 11.8. The molecule has 5 nitrogen and oxygen atoms in total. The van der Waals surface area contributed by atoms with Gasteiger partial charge in [0, 0.05) is 43.7 Å². The molecule has 1 fully saturated rings. The molecular weight excluding hydrogens is 470 g/mol. The van der Waals surface area contributed by atoms with Crippen molar-refractivity contribution in [3.05, 3.63) is 64.9 Å². The van der Waals surface area contributed by atoms with Gasteiger partial charge < -0.3 is 9.64 Å². The highest BCUT2D eigenvalue weighted by atomic mass is 16.6. The Morgan fingerprint density at radius 3 is 2.58 bits per heavy atom. The molecule has 1 aromatic carbocycles. The van der Waals surface area contributed by atoms with Gasteiger partial charge in [0.15, 0.2) is 0 Å². The molecule has 1 unspecified atom stereocenters. The summed E-state index contributed by atoms with van der Waals surface area (Å²) in [5, 5.41) is 0. The Balaban J connectivity index is 1.86. The normalized spacial score (nSPS) is 22.2.